The SMILES string of the molecule is CCc1nc(=O)n(C2CCOC2C)c(CC)c1CC(=O)O. The van der Waals surface area contributed by atoms with E-state index in [1.165, 1.54) is 0 Å². The summed E-state index contributed by atoms with van der Waals surface area (Å²) in [5.74, 6) is -0.901. The van der Waals surface area contributed by atoms with E-state index in [2.05, 4.69) is 4.98 Å². The standard InChI is InChI=1S/C15H22N2O4/c1-4-11-10(8-14(18)19)12(5-2)17(15(20)16-11)13-6-7-21-9(13)3/h9,13H,4-8H2,1-3H3,(H,18,19). The first-order valence-electron chi connectivity index (χ1n) is 7.46. The minimum absolute atomic E-state index is 0.0556. The van der Waals surface area contributed by atoms with E-state index in [9.17, 15) is 9.59 Å². The number of carboxylic acids is 1. The van der Waals surface area contributed by atoms with Crippen LogP contribution in [0.1, 0.15) is 50.2 Å². The van der Waals surface area contributed by atoms with Crippen molar-refractivity contribution in [3.8, 4) is 0 Å². The lowest BCUT2D eigenvalue weighted by molar-refractivity contribution is -0.136. The van der Waals surface area contributed by atoms with Crippen molar-refractivity contribution >= 4 is 5.97 Å². The highest BCUT2D eigenvalue weighted by molar-refractivity contribution is 5.71. The molecule has 0 aliphatic carbocycles. The second-order valence-corrected chi connectivity index (χ2v) is 5.35. The predicted octanol–water partition coefficient (Wildman–Crippen LogP) is 1.35. The van der Waals surface area contributed by atoms with Crippen molar-refractivity contribution in [2.45, 2.75) is 58.6 Å². The molecule has 21 heavy (non-hydrogen) atoms. The average Bonchev–Trinajstić information content (AvgIpc) is 2.85. The fourth-order valence-electron chi connectivity index (χ4n) is 3.10. The molecule has 1 aliphatic rings. The van der Waals surface area contributed by atoms with Crippen molar-refractivity contribution in [2.75, 3.05) is 6.61 Å². The number of nitrogens with zero attached hydrogens (tertiary/aromatic N) is 2. The minimum Gasteiger partial charge on any atom is -0.481 e. The number of rotatable bonds is 5. The molecule has 1 aromatic rings. The highest BCUT2D eigenvalue weighted by atomic mass is 16.5. The van der Waals surface area contributed by atoms with Gasteiger partial charge in [0.05, 0.1) is 24.3 Å². The monoisotopic (exact) mass is 294 g/mol. The molecule has 2 atom stereocenters. The predicted molar refractivity (Wildman–Crippen MR) is 77.7 cm³/mol. The summed E-state index contributed by atoms with van der Waals surface area (Å²) < 4.78 is 7.21. The van der Waals surface area contributed by atoms with Crippen molar-refractivity contribution in [2.24, 2.45) is 0 Å². The lowest BCUT2D eigenvalue weighted by Gasteiger charge is -2.23. The Balaban J connectivity index is 2.63. The van der Waals surface area contributed by atoms with Crippen LogP contribution in [0.5, 0.6) is 0 Å². The molecule has 1 fully saturated rings. The minimum atomic E-state index is -0.901. The van der Waals surface area contributed by atoms with Gasteiger partial charge < -0.3 is 9.84 Å². The van der Waals surface area contributed by atoms with Crippen molar-refractivity contribution < 1.29 is 14.6 Å². The topological polar surface area (TPSA) is 81.4 Å². The Labute approximate surface area is 123 Å². The van der Waals surface area contributed by atoms with Gasteiger partial charge in [0.2, 0.25) is 0 Å². The molecule has 116 valence electrons. The maximum Gasteiger partial charge on any atom is 0.348 e. The molecule has 2 rings (SSSR count). The van der Waals surface area contributed by atoms with Gasteiger partial charge in [-0.15, -0.1) is 0 Å². The van der Waals surface area contributed by atoms with Crippen LogP contribution >= 0.6 is 0 Å². The number of ether oxygens (including phenoxy) is 1. The van der Waals surface area contributed by atoms with Gasteiger partial charge in [-0.2, -0.15) is 4.98 Å². The van der Waals surface area contributed by atoms with Crippen LogP contribution in [0.3, 0.4) is 0 Å². The van der Waals surface area contributed by atoms with E-state index in [0.29, 0.717) is 30.7 Å². The summed E-state index contributed by atoms with van der Waals surface area (Å²) >= 11 is 0. The Morgan fingerprint density at radius 1 is 1.43 bits per heavy atom. The van der Waals surface area contributed by atoms with Crippen molar-refractivity contribution in [3.05, 3.63) is 27.4 Å². The molecule has 2 heterocycles. The number of carbonyl (C=O) groups is 1. The van der Waals surface area contributed by atoms with Gasteiger partial charge in [0.1, 0.15) is 0 Å². The molecule has 1 aromatic heterocycles. The molecule has 0 saturated carbocycles. The number of carboxylic acid groups (broad SMARTS) is 1. The zero-order valence-corrected chi connectivity index (χ0v) is 12.8. The number of aromatic nitrogens is 2. The van der Waals surface area contributed by atoms with Gasteiger partial charge in [-0.3, -0.25) is 9.36 Å². The van der Waals surface area contributed by atoms with Gasteiger partial charge >= 0.3 is 11.7 Å². The van der Waals surface area contributed by atoms with Gasteiger partial charge in [0.25, 0.3) is 0 Å². The second-order valence-electron chi connectivity index (χ2n) is 5.35. The Hall–Kier alpha value is -1.69. The molecular weight excluding hydrogens is 272 g/mol. The summed E-state index contributed by atoms with van der Waals surface area (Å²) in [4.78, 5) is 27.7. The Morgan fingerprint density at radius 2 is 2.14 bits per heavy atom. The molecule has 1 aliphatic heterocycles. The second kappa shape index (κ2) is 6.39. The third kappa shape index (κ3) is 3.00. The molecule has 0 spiro atoms. The smallest absolute Gasteiger partial charge is 0.348 e. The summed E-state index contributed by atoms with van der Waals surface area (Å²) in [7, 11) is 0. The van der Waals surface area contributed by atoms with E-state index in [1.807, 2.05) is 20.8 Å². The molecule has 0 amide bonds. The number of hydrogen-bond donors (Lipinski definition) is 1. The van der Waals surface area contributed by atoms with Gasteiger partial charge in [-0.1, -0.05) is 13.8 Å². The van der Waals surface area contributed by atoms with Crippen LogP contribution in [-0.4, -0.2) is 33.3 Å². The average molecular weight is 294 g/mol. The summed E-state index contributed by atoms with van der Waals surface area (Å²) in [6.45, 7) is 6.38. The molecule has 0 radical (unpaired) electrons. The Kier molecular flexibility index (Phi) is 4.77. The van der Waals surface area contributed by atoms with Crippen LogP contribution in [-0.2, 0) is 28.8 Å². The van der Waals surface area contributed by atoms with Crippen molar-refractivity contribution in [1.29, 1.82) is 0 Å². The lowest BCUT2D eigenvalue weighted by atomic mass is 10.0. The summed E-state index contributed by atoms with van der Waals surface area (Å²) in [6.07, 6.45) is 1.77. The summed E-state index contributed by atoms with van der Waals surface area (Å²) in [5.41, 5.74) is 1.78. The highest BCUT2D eigenvalue weighted by Gasteiger charge is 2.30. The third-order valence-corrected chi connectivity index (χ3v) is 4.09. The van der Waals surface area contributed by atoms with Gasteiger partial charge in [-0.05, 0) is 26.2 Å². The summed E-state index contributed by atoms with van der Waals surface area (Å²) in [6, 6.07) is -0.0570. The van der Waals surface area contributed by atoms with Crippen LogP contribution < -0.4 is 5.69 Å². The molecule has 1 N–H and O–H groups in total. The molecule has 1 saturated heterocycles. The Bertz CT molecular complexity index is 594. The maximum atomic E-state index is 12.4. The van der Waals surface area contributed by atoms with Crippen LogP contribution in [0.25, 0.3) is 0 Å². The first kappa shape index (κ1) is 15.7. The van der Waals surface area contributed by atoms with Crippen LogP contribution in [0, 0.1) is 0 Å². The number of aryl methyl sites for hydroxylation is 1. The van der Waals surface area contributed by atoms with E-state index in [-0.39, 0.29) is 24.3 Å². The molecule has 6 heteroatoms. The quantitative estimate of drug-likeness (QED) is 0.886. The van der Waals surface area contributed by atoms with E-state index in [1.54, 1.807) is 4.57 Å². The van der Waals surface area contributed by atoms with Crippen molar-refractivity contribution in [1.82, 2.24) is 9.55 Å². The molecule has 0 bridgehead atoms. The normalized spacial score (nSPS) is 21.7. The fourth-order valence-corrected chi connectivity index (χ4v) is 3.10. The zero-order chi connectivity index (χ0) is 15.6. The maximum absolute atomic E-state index is 12.4. The third-order valence-electron chi connectivity index (χ3n) is 4.09. The van der Waals surface area contributed by atoms with Crippen LogP contribution in [0.2, 0.25) is 0 Å². The van der Waals surface area contributed by atoms with Crippen molar-refractivity contribution in [3.63, 3.8) is 0 Å². The number of hydrogen-bond acceptors (Lipinski definition) is 4. The van der Waals surface area contributed by atoms with Crippen LogP contribution in [0.15, 0.2) is 4.79 Å². The largest absolute Gasteiger partial charge is 0.481 e. The van der Waals surface area contributed by atoms with Gasteiger partial charge in [0, 0.05) is 17.9 Å². The fraction of sp³-hybridized carbons (Fsp3) is 0.667. The highest BCUT2D eigenvalue weighted by Crippen LogP contribution is 2.27. The molecule has 2 unspecified atom stereocenters. The number of aliphatic carboxylic acids is 1. The molecule has 0 aromatic carbocycles. The molecular formula is C15H22N2O4. The van der Waals surface area contributed by atoms with Gasteiger partial charge in [-0.25, -0.2) is 4.79 Å². The first-order chi connectivity index (χ1) is 9.99. The molecule has 6 nitrogen and oxygen atoms in total. The lowest BCUT2D eigenvalue weighted by Crippen LogP contribution is -2.35. The van der Waals surface area contributed by atoms with E-state index in [4.69, 9.17) is 9.84 Å². The summed E-state index contributed by atoms with van der Waals surface area (Å²) in [5, 5.41) is 9.14. The van der Waals surface area contributed by atoms with E-state index < -0.39 is 5.97 Å². The first-order valence-corrected chi connectivity index (χ1v) is 7.46. The van der Waals surface area contributed by atoms with Crippen LogP contribution in [0.4, 0.5) is 0 Å². The van der Waals surface area contributed by atoms with E-state index in [0.717, 1.165) is 12.1 Å². The zero-order valence-electron chi connectivity index (χ0n) is 12.8. The van der Waals surface area contributed by atoms with Gasteiger partial charge in [0.15, 0.2) is 0 Å². The Morgan fingerprint density at radius 3 is 2.62 bits per heavy atom. The van der Waals surface area contributed by atoms with E-state index >= 15 is 0 Å².